The van der Waals surface area contributed by atoms with Crippen molar-refractivity contribution in [3.8, 4) is 0 Å². The molecule has 1 N–H and O–H groups in total. The van der Waals surface area contributed by atoms with Gasteiger partial charge in [-0.15, -0.1) is 0 Å². The van der Waals surface area contributed by atoms with Gasteiger partial charge in [0, 0.05) is 18.3 Å². The highest BCUT2D eigenvalue weighted by Crippen LogP contribution is 2.26. The second kappa shape index (κ2) is 3.96. The molecule has 0 aromatic carbocycles. The SMILES string of the molecule is CC(C)(CO)N1CC(CBr)CC1=O. The first kappa shape index (κ1) is 11.0. The van der Waals surface area contributed by atoms with Gasteiger partial charge >= 0.3 is 0 Å². The van der Waals surface area contributed by atoms with Crippen LogP contribution in [0.25, 0.3) is 0 Å². The number of nitrogens with zero attached hydrogens (tertiary/aromatic N) is 1. The summed E-state index contributed by atoms with van der Waals surface area (Å²) in [6, 6.07) is 0. The van der Waals surface area contributed by atoms with E-state index in [0.29, 0.717) is 12.3 Å². The monoisotopic (exact) mass is 249 g/mol. The smallest absolute Gasteiger partial charge is 0.223 e. The van der Waals surface area contributed by atoms with Crippen LogP contribution in [0, 0.1) is 5.92 Å². The standard InChI is InChI=1S/C9H16BrNO2/c1-9(2,6-12)11-5-7(4-10)3-8(11)13/h7,12H,3-6H2,1-2H3. The molecule has 76 valence electrons. The van der Waals surface area contributed by atoms with Crippen molar-refractivity contribution in [3.05, 3.63) is 0 Å². The summed E-state index contributed by atoms with van der Waals surface area (Å²) in [4.78, 5) is 13.3. The summed E-state index contributed by atoms with van der Waals surface area (Å²) in [5.41, 5.74) is -0.409. The molecule has 0 aliphatic carbocycles. The average Bonchev–Trinajstić information content (AvgIpc) is 2.47. The lowest BCUT2D eigenvalue weighted by molar-refractivity contribution is -0.133. The Balaban J connectivity index is 2.67. The topological polar surface area (TPSA) is 40.5 Å². The van der Waals surface area contributed by atoms with Gasteiger partial charge in [-0.3, -0.25) is 4.79 Å². The van der Waals surface area contributed by atoms with Crippen LogP contribution in [0.4, 0.5) is 0 Å². The van der Waals surface area contributed by atoms with Crippen molar-refractivity contribution in [2.24, 2.45) is 5.92 Å². The van der Waals surface area contributed by atoms with Crippen molar-refractivity contribution in [3.63, 3.8) is 0 Å². The summed E-state index contributed by atoms with van der Waals surface area (Å²) in [7, 11) is 0. The molecule has 1 fully saturated rings. The molecule has 1 rings (SSSR count). The van der Waals surface area contributed by atoms with Crippen LogP contribution in [0.5, 0.6) is 0 Å². The molecule has 1 heterocycles. The van der Waals surface area contributed by atoms with Gasteiger partial charge in [-0.05, 0) is 19.8 Å². The van der Waals surface area contributed by atoms with Gasteiger partial charge in [0.05, 0.1) is 12.1 Å². The first-order valence-electron chi connectivity index (χ1n) is 4.48. The van der Waals surface area contributed by atoms with Gasteiger partial charge in [0.1, 0.15) is 0 Å². The van der Waals surface area contributed by atoms with E-state index in [0.717, 1.165) is 11.9 Å². The van der Waals surface area contributed by atoms with Crippen LogP contribution in [0.15, 0.2) is 0 Å². The van der Waals surface area contributed by atoms with Crippen molar-refractivity contribution >= 4 is 21.8 Å². The van der Waals surface area contributed by atoms with Crippen LogP contribution in [0.3, 0.4) is 0 Å². The van der Waals surface area contributed by atoms with Crippen LogP contribution in [0.2, 0.25) is 0 Å². The van der Waals surface area contributed by atoms with Gasteiger partial charge in [0.25, 0.3) is 0 Å². The van der Waals surface area contributed by atoms with Crippen molar-refractivity contribution in [1.29, 1.82) is 0 Å². The van der Waals surface area contributed by atoms with Gasteiger partial charge in [-0.25, -0.2) is 0 Å². The number of carbonyl (C=O) groups excluding carboxylic acids is 1. The zero-order valence-corrected chi connectivity index (χ0v) is 9.67. The highest BCUT2D eigenvalue weighted by Gasteiger charge is 2.37. The fraction of sp³-hybridized carbons (Fsp3) is 0.889. The third-order valence-corrected chi connectivity index (χ3v) is 3.46. The normalized spacial score (nSPS) is 24.2. The maximum atomic E-state index is 11.5. The fourth-order valence-electron chi connectivity index (χ4n) is 1.56. The van der Waals surface area contributed by atoms with E-state index >= 15 is 0 Å². The molecule has 0 spiro atoms. The molecule has 1 amide bonds. The Bertz CT molecular complexity index is 206. The Labute approximate surface area is 87.2 Å². The molecule has 1 aliphatic heterocycles. The summed E-state index contributed by atoms with van der Waals surface area (Å²) in [5, 5.41) is 9.98. The second-order valence-electron chi connectivity index (χ2n) is 4.20. The summed E-state index contributed by atoms with van der Waals surface area (Å²) < 4.78 is 0. The van der Waals surface area contributed by atoms with E-state index in [9.17, 15) is 4.79 Å². The van der Waals surface area contributed by atoms with E-state index in [-0.39, 0.29) is 12.5 Å². The lowest BCUT2D eigenvalue weighted by Gasteiger charge is -2.34. The second-order valence-corrected chi connectivity index (χ2v) is 4.85. The largest absolute Gasteiger partial charge is 0.394 e. The molecule has 0 aromatic heterocycles. The number of likely N-dealkylation sites (tertiary alicyclic amines) is 1. The van der Waals surface area contributed by atoms with Gasteiger partial charge in [0.15, 0.2) is 0 Å². The Morgan fingerprint density at radius 3 is 2.69 bits per heavy atom. The molecule has 13 heavy (non-hydrogen) atoms. The molecule has 0 aromatic rings. The number of hydrogen-bond donors (Lipinski definition) is 1. The van der Waals surface area contributed by atoms with E-state index in [2.05, 4.69) is 15.9 Å². The molecule has 1 saturated heterocycles. The molecule has 3 nitrogen and oxygen atoms in total. The number of alkyl halides is 1. The quantitative estimate of drug-likeness (QED) is 0.759. The molecule has 1 aliphatic rings. The third kappa shape index (κ3) is 2.23. The molecule has 0 saturated carbocycles. The van der Waals surface area contributed by atoms with Gasteiger partial charge < -0.3 is 10.0 Å². The maximum absolute atomic E-state index is 11.5. The highest BCUT2D eigenvalue weighted by atomic mass is 79.9. The van der Waals surface area contributed by atoms with E-state index < -0.39 is 5.54 Å². The van der Waals surface area contributed by atoms with E-state index in [1.54, 1.807) is 4.90 Å². The molecule has 1 unspecified atom stereocenters. The lowest BCUT2D eigenvalue weighted by Crippen LogP contribution is -2.47. The number of aliphatic hydroxyl groups is 1. The van der Waals surface area contributed by atoms with Crippen LogP contribution < -0.4 is 0 Å². The summed E-state index contributed by atoms with van der Waals surface area (Å²) in [6.07, 6.45) is 0.606. The average molecular weight is 250 g/mol. The summed E-state index contributed by atoms with van der Waals surface area (Å²) in [6.45, 7) is 4.56. The number of halogens is 1. The third-order valence-electron chi connectivity index (χ3n) is 2.54. The van der Waals surface area contributed by atoms with Crippen LogP contribution in [-0.4, -0.2) is 39.9 Å². The van der Waals surface area contributed by atoms with Crippen LogP contribution in [0.1, 0.15) is 20.3 Å². The first-order valence-corrected chi connectivity index (χ1v) is 5.60. The minimum atomic E-state index is -0.409. The predicted octanol–water partition coefficient (Wildman–Crippen LogP) is 1.00. The minimum Gasteiger partial charge on any atom is -0.394 e. The van der Waals surface area contributed by atoms with Crippen LogP contribution >= 0.6 is 15.9 Å². The van der Waals surface area contributed by atoms with Crippen molar-refractivity contribution in [1.82, 2.24) is 4.90 Å². The van der Waals surface area contributed by atoms with E-state index in [1.807, 2.05) is 13.8 Å². The first-order chi connectivity index (χ1) is 6.01. The number of carbonyl (C=O) groups is 1. The van der Waals surface area contributed by atoms with E-state index in [4.69, 9.17) is 5.11 Å². The van der Waals surface area contributed by atoms with Gasteiger partial charge in [-0.1, -0.05) is 15.9 Å². The van der Waals surface area contributed by atoms with E-state index in [1.165, 1.54) is 0 Å². The molecule has 1 atom stereocenters. The molecule has 4 heteroatoms. The minimum absolute atomic E-state index is 0.0216. The van der Waals surface area contributed by atoms with Gasteiger partial charge in [-0.2, -0.15) is 0 Å². The van der Waals surface area contributed by atoms with Crippen molar-refractivity contribution < 1.29 is 9.90 Å². The summed E-state index contributed by atoms with van der Waals surface area (Å²) >= 11 is 3.38. The maximum Gasteiger partial charge on any atom is 0.223 e. The molecule has 0 bridgehead atoms. The lowest BCUT2D eigenvalue weighted by atomic mass is 10.1. The Morgan fingerprint density at radius 2 is 2.31 bits per heavy atom. The Hall–Kier alpha value is -0.0900. The van der Waals surface area contributed by atoms with Crippen molar-refractivity contribution in [2.75, 3.05) is 18.5 Å². The van der Waals surface area contributed by atoms with Crippen LogP contribution in [-0.2, 0) is 4.79 Å². The Morgan fingerprint density at radius 1 is 1.69 bits per heavy atom. The molecular weight excluding hydrogens is 234 g/mol. The zero-order valence-electron chi connectivity index (χ0n) is 8.09. The summed E-state index contributed by atoms with van der Waals surface area (Å²) in [5.74, 6) is 0.557. The number of hydrogen-bond acceptors (Lipinski definition) is 2. The molecule has 0 radical (unpaired) electrons. The number of rotatable bonds is 3. The zero-order chi connectivity index (χ0) is 10.1. The highest BCUT2D eigenvalue weighted by molar-refractivity contribution is 9.09. The van der Waals surface area contributed by atoms with Crippen molar-refractivity contribution in [2.45, 2.75) is 25.8 Å². The fourth-order valence-corrected chi connectivity index (χ4v) is 1.99. The molecular formula is C9H16BrNO2. The predicted molar refractivity (Wildman–Crippen MR) is 54.8 cm³/mol. The number of amides is 1. The number of aliphatic hydroxyl groups excluding tert-OH is 1. The Kier molecular flexibility index (Phi) is 3.35. The van der Waals surface area contributed by atoms with Gasteiger partial charge in [0.2, 0.25) is 5.91 Å².